The molecule has 0 spiro atoms. The molecule has 0 aliphatic carbocycles. The molecule has 2 aromatic carbocycles. The van der Waals surface area contributed by atoms with Crippen molar-refractivity contribution in [1.29, 1.82) is 0 Å². The minimum Gasteiger partial charge on any atom is -0.496 e. The number of carbonyl (C=O) groups excluding carboxylic acids is 1. The van der Waals surface area contributed by atoms with E-state index in [1.165, 1.54) is 34.5 Å². The number of anilines is 1. The molecule has 0 heterocycles. The summed E-state index contributed by atoms with van der Waals surface area (Å²) in [6.45, 7) is 0.533. The van der Waals surface area contributed by atoms with Gasteiger partial charge >= 0.3 is 0 Å². The van der Waals surface area contributed by atoms with Crippen LogP contribution in [0.4, 0.5) is 5.69 Å². The van der Waals surface area contributed by atoms with Crippen molar-refractivity contribution < 1.29 is 32.2 Å². The maximum Gasteiger partial charge on any atom is 0.241 e. The summed E-state index contributed by atoms with van der Waals surface area (Å²) in [7, 11) is 2.20. The monoisotopic (exact) mass is 521 g/mol. The van der Waals surface area contributed by atoms with Gasteiger partial charge in [0.2, 0.25) is 5.91 Å². The molecule has 5 N–H and O–H groups in total. The van der Waals surface area contributed by atoms with E-state index in [0.717, 1.165) is 18.2 Å². The summed E-state index contributed by atoms with van der Waals surface area (Å²) in [5.41, 5.74) is 12.7. The Bertz CT molecular complexity index is 1140. The second-order valence-corrected chi connectivity index (χ2v) is 9.86. The molecule has 0 aliphatic heterocycles. The van der Waals surface area contributed by atoms with Gasteiger partial charge in [-0.2, -0.15) is 0 Å². The van der Waals surface area contributed by atoms with Crippen LogP contribution in [0, 0.1) is 0 Å². The van der Waals surface area contributed by atoms with Crippen molar-refractivity contribution in [3.63, 3.8) is 0 Å². The number of benzene rings is 2. The van der Waals surface area contributed by atoms with Gasteiger partial charge in [0, 0.05) is 17.5 Å². The van der Waals surface area contributed by atoms with Crippen LogP contribution in [0.25, 0.3) is 6.08 Å². The maximum absolute atomic E-state index is 12.9. The predicted octanol–water partition coefficient (Wildman–Crippen LogP) is 2.70. The number of ether oxygens (including phenoxy) is 4. The molecule has 1 amide bonds. The third kappa shape index (κ3) is 8.14. The Hall–Kier alpha value is -3.28. The summed E-state index contributed by atoms with van der Waals surface area (Å²) in [6, 6.07) is 7.33. The van der Waals surface area contributed by atoms with Gasteiger partial charge in [0.05, 0.1) is 51.5 Å². The van der Waals surface area contributed by atoms with Gasteiger partial charge in [-0.3, -0.25) is 4.79 Å². The SMILES string of the molecule is COc1cc(OC)c(/C=C\S(=O)(=O)Cc2ccc(OC)c(NC(=O)[C@H](N)CCCCN)c2)c(OC)c1. The first-order valence-corrected chi connectivity index (χ1v) is 13.0. The summed E-state index contributed by atoms with van der Waals surface area (Å²) in [5.74, 6) is 1.01. The molecular weight excluding hydrogens is 486 g/mol. The van der Waals surface area contributed by atoms with Gasteiger partial charge in [-0.05, 0) is 43.2 Å². The van der Waals surface area contributed by atoms with Crippen LogP contribution in [0.2, 0.25) is 0 Å². The molecule has 1 atom stereocenters. The van der Waals surface area contributed by atoms with Crippen molar-refractivity contribution in [2.24, 2.45) is 11.5 Å². The number of nitrogens with two attached hydrogens (primary N) is 2. The van der Waals surface area contributed by atoms with E-state index >= 15 is 0 Å². The molecular formula is C25H35N3O7S. The third-order valence-corrected chi connectivity index (χ3v) is 6.68. The topological polar surface area (TPSA) is 152 Å². The van der Waals surface area contributed by atoms with E-state index in [0.29, 0.717) is 52.8 Å². The van der Waals surface area contributed by atoms with Crippen molar-refractivity contribution in [1.82, 2.24) is 0 Å². The van der Waals surface area contributed by atoms with Gasteiger partial charge in [0.1, 0.15) is 23.0 Å². The quantitative estimate of drug-likeness (QED) is 0.319. The Balaban J connectivity index is 2.24. The number of amides is 1. The zero-order valence-electron chi connectivity index (χ0n) is 21.1. The molecule has 0 saturated heterocycles. The van der Waals surface area contributed by atoms with E-state index in [1.807, 2.05) is 0 Å². The van der Waals surface area contributed by atoms with E-state index in [2.05, 4.69) is 5.32 Å². The summed E-state index contributed by atoms with van der Waals surface area (Å²) in [4.78, 5) is 12.5. The smallest absolute Gasteiger partial charge is 0.241 e. The van der Waals surface area contributed by atoms with Gasteiger partial charge in [-0.1, -0.05) is 12.5 Å². The van der Waals surface area contributed by atoms with E-state index in [9.17, 15) is 13.2 Å². The van der Waals surface area contributed by atoms with Crippen LogP contribution in [0.15, 0.2) is 35.7 Å². The van der Waals surface area contributed by atoms with E-state index in [1.54, 1.807) is 30.3 Å². The highest BCUT2D eigenvalue weighted by molar-refractivity contribution is 7.93. The summed E-state index contributed by atoms with van der Waals surface area (Å²) in [6.07, 6.45) is 3.41. The number of hydrogen-bond donors (Lipinski definition) is 3. The molecule has 36 heavy (non-hydrogen) atoms. The first-order valence-electron chi connectivity index (χ1n) is 11.3. The zero-order chi connectivity index (χ0) is 26.7. The molecule has 0 aromatic heterocycles. The summed E-state index contributed by atoms with van der Waals surface area (Å²) < 4.78 is 47.1. The zero-order valence-corrected chi connectivity index (χ0v) is 21.9. The Morgan fingerprint density at radius 2 is 1.61 bits per heavy atom. The summed E-state index contributed by atoms with van der Waals surface area (Å²) in [5, 5.41) is 3.83. The standard InChI is InChI=1S/C25H35N3O7S/c1-32-18-14-23(34-3)19(24(15-18)35-4)10-12-36(30,31)16-17-8-9-22(33-2)21(13-17)28-25(29)20(27)7-5-6-11-26/h8-10,12-15,20H,5-7,11,16,26-27H2,1-4H3,(H,28,29)/b12-10-/t20-/m1/s1. The fraction of sp³-hybridized carbons (Fsp3) is 0.400. The largest absolute Gasteiger partial charge is 0.496 e. The second kappa shape index (κ2) is 13.7. The lowest BCUT2D eigenvalue weighted by atomic mass is 10.1. The lowest BCUT2D eigenvalue weighted by molar-refractivity contribution is -0.117. The Morgan fingerprint density at radius 3 is 2.17 bits per heavy atom. The number of carbonyl (C=O) groups is 1. The summed E-state index contributed by atoms with van der Waals surface area (Å²) >= 11 is 0. The lowest BCUT2D eigenvalue weighted by Gasteiger charge is -2.15. The van der Waals surface area contributed by atoms with Crippen LogP contribution in [0.1, 0.15) is 30.4 Å². The van der Waals surface area contributed by atoms with Crippen LogP contribution in [0.3, 0.4) is 0 Å². The normalized spacial score (nSPS) is 12.3. The molecule has 0 saturated carbocycles. The van der Waals surface area contributed by atoms with Crippen molar-refractivity contribution in [2.75, 3.05) is 40.3 Å². The van der Waals surface area contributed by atoms with Crippen LogP contribution in [-0.2, 0) is 20.4 Å². The van der Waals surface area contributed by atoms with E-state index < -0.39 is 15.9 Å². The number of nitrogens with one attached hydrogen (secondary N) is 1. The van der Waals surface area contributed by atoms with Crippen molar-refractivity contribution >= 4 is 27.5 Å². The first kappa shape index (κ1) is 29.0. The molecule has 0 fully saturated rings. The van der Waals surface area contributed by atoms with E-state index in [-0.39, 0.29) is 11.7 Å². The highest BCUT2D eigenvalue weighted by atomic mass is 32.2. The molecule has 2 aromatic rings. The Labute approximate surface area is 212 Å². The number of rotatable bonds is 14. The van der Waals surface area contributed by atoms with Crippen LogP contribution in [-0.4, -0.2) is 55.4 Å². The molecule has 2 rings (SSSR count). The fourth-order valence-electron chi connectivity index (χ4n) is 3.46. The van der Waals surface area contributed by atoms with Gasteiger partial charge < -0.3 is 35.7 Å². The molecule has 0 bridgehead atoms. The molecule has 0 unspecified atom stereocenters. The minimum absolute atomic E-state index is 0.306. The van der Waals surface area contributed by atoms with Gasteiger partial charge in [-0.15, -0.1) is 0 Å². The van der Waals surface area contributed by atoms with Crippen LogP contribution < -0.4 is 35.7 Å². The van der Waals surface area contributed by atoms with Gasteiger partial charge in [0.15, 0.2) is 9.84 Å². The van der Waals surface area contributed by atoms with Crippen molar-refractivity contribution in [3.8, 4) is 23.0 Å². The number of sulfone groups is 1. The molecule has 11 heteroatoms. The fourth-order valence-corrected chi connectivity index (χ4v) is 4.54. The second-order valence-electron chi connectivity index (χ2n) is 7.97. The van der Waals surface area contributed by atoms with Gasteiger partial charge in [-0.25, -0.2) is 8.42 Å². The highest BCUT2D eigenvalue weighted by Gasteiger charge is 2.18. The first-order chi connectivity index (χ1) is 17.2. The lowest BCUT2D eigenvalue weighted by Crippen LogP contribution is -2.35. The van der Waals surface area contributed by atoms with Crippen LogP contribution in [0.5, 0.6) is 23.0 Å². The highest BCUT2D eigenvalue weighted by Crippen LogP contribution is 2.35. The minimum atomic E-state index is -3.71. The number of hydrogen-bond acceptors (Lipinski definition) is 9. The van der Waals surface area contributed by atoms with Gasteiger partial charge in [0.25, 0.3) is 0 Å². The molecule has 198 valence electrons. The Kier molecular flexibility index (Phi) is 11.0. The Morgan fingerprint density at radius 1 is 0.972 bits per heavy atom. The predicted molar refractivity (Wildman–Crippen MR) is 140 cm³/mol. The number of unbranched alkanes of at least 4 members (excludes halogenated alkanes) is 1. The molecule has 0 radical (unpaired) electrons. The number of methoxy groups -OCH3 is 4. The van der Waals surface area contributed by atoms with Crippen molar-refractivity contribution in [2.45, 2.75) is 31.1 Å². The average Bonchev–Trinajstić information content (AvgIpc) is 2.86. The van der Waals surface area contributed by atoms with E-state index in [4.69, 9.17) is 30.4 Å². The third-order valence-electron chi connectivity index (χ3n) is 5.39. The maximum atomic E-state index is 12.9. The molecule has 10 nitrogen and oxygen atoms in total. The van der Waals surface area contributed by atoms with Crippen molar-refractivity contribution in [3.05, 3.63) is 46.9 Å². The van der Waals surface area contributed by atoms with Crippen LogP contribution >= 0.6 is 0 Å². The average molecular weight is 522 g/mol. The molecule has 0 aliphatic rings.